The fourth-order valence-corrected chi connectivity index (χ4v) is 4.55. The zero-order valence-electron chi connectivity index (χ0n) is 20.0. The molecule has 6 atom stereocenters. The molecule has 0 aromatic heterocycles. The summed E-state index contributed by atoms with van der Waals surface area (Å²) >= 11 is 0. The maximum Gasteiger partial charge on any atom is 0.351 e. The number of ether oxygens (including phenoxy) is 4. The van der Waals surface area contributed by atoms with E-state index in [0.717, 1.165) is 18.4 Å². The molecule has 2 aliphatic heterocycles. The van der Waals surface area contributed by atoms with Gasteiger partial charge in [-0.05, 0) is 61.3 Å². The molecular formula is C25H34O7. The molecule has 7 heteroatoms. The second-order valence-corrected chi connectivity index (χ2v) is 9.42. The summed E-state index contributed by atoms with van der Waals surface area (Å²) < 4.78 is 23.6. The van der Waals surface area contributed by atoms with Crippen LogP contribution in [0.15, 0.2) is 34.9 Å². The van der Waals surface area contributed by atoms with Crippen molar-refractivity contribution < 1.29 is 33.3 Å². The Bertz CT molecular complexity index is 898. The van der Waals surface area contributed by atoms with Crippen LogP contribution in [0.3, 0.4) is 0 Å². The zero-order valence-corrected chi connectivity index (χ0v) is 20.0. The highest BCUT2D eigenvalue weighted by Crippen LogP contribution is 2.51. The Kier molecular flexibility index (Phi) is 6.70. The van der Waals surface area contributed by atoms with E-state index in [1.807, 2.05) is 13.8 Å². The number of fused-ring (bicyclic) bond motifs is 2. The molecule has 0 N–H and O–H groups in total. The van der Waals surface area contributed by atoms with Crippen molar-refractivity contribution in [2.24, 2.45) is 5.92 Å². The van der Waals surface area contributed by atoms with E-state index in [9.17, 15) is 14.4 Å². The lowest BCUT2D eigenvalue weighted by atomic mass is 9.76. The third-order valence-corrected chi connectivity index (χ3v) is 7.01. The zero-order chi connectivity index (χ0) is 23.8. The predicted octanol–water partition coefficient (Wildman–Crippen LogP) is 3.96. The molecule has 3 rings (SSSR count). The average molecular weight is 447 g/mol. The summed E-state index contributed by atoms with van der Waals surface area (Å²) in [5, 5.41) is 0. The quantitative estimate of drug-likeness (QED) is 0.212. The molecular weight excluding hydrogens is 412 g/mol. The summed E-state index contributed by atoms with van der Waals surface area (Å²) in [6.07, 6.45) is 5.60. The molecule has 2 saturated heterocycles. The largest absolute Gasteiger partial charge is 0.458 e. The van der Waals surface area contributed by atoms with Crippen LogP contribution in [0.1, 0.15) is 67.7 Å². The van der Waals surface area contributed by atoms with Crippen LogP contribution in [0, 0.1) is 5.92 Å². The Hall–Kier alpha value is -2.41. The molecule has 3 aliphatic rings. The first-order valence-corrected chi connectivity index (χ1v) is 11.2. The van der Waals surface area contributed by atoms with Crippen LogP contribution in [-0.2, 0) is 33.3 Å². The number of rotatable bonds is 4. The van der Waals surface area contributed by atoms with Gasteiger partial charge in [0.15, 0.2) is 0 Å². The monoisotopic (exact) mass is 446 g/mol. The van der Waals surface area contributed by atoms with Crippen molar-refractivity contribution in [3.05, 3.63) is 34.9 Å². The Balaban J connectivity index is 2.08. The first-order valence-electron chi connectivity index (χ1n) is 11.2. The number of esters is 3. The SMILES string of the molecule is CC=C(C)C(=O)OC1C2OC2(C)CCC=C(C)CC2OC(=O)C(C)(OC(=O)C(C)=CC)C21. The van der Waals surface area contributed by atoms with Gasteiger partial charge in [-0.3, -0.25) is 0 Å². The Morgan fingerprint density at radius 3 is 2.38 bits per heavy atom. The van der Waals surface area contributed by atoms with Crippen LogP contribution in [-0.4, -0.2) is 47.4 Å². The number of carbonyl (C=O) groups excluding carboxylic acids is 3. The second-order valence-electron chi connectivity index (χ2n) is 9.42. The maximum atomic E-state index is 13.1. The van der Waals surface area contributed by atoms with Crippen LogP contribution in [0.5, 0.6) is 0 Å². The summed E-state index contributed by atoms with van der Waals surface area (Å²) in [6.45, 7) is 12.3. The summed E-state index contributed by atoms with van der Waals surface area (Å²) in [5.41, 5.74) is -0.225. The number of allylic oxidation sites excluding steroid dienone is 3. The normalized spacial score (nSPS) is 37.5. The lowest BCUT2D eigenvalue weighted by molar-refractivity contribution is -0.176. The lowest BCUT2D eigenvalue weighted by Gasteiger charge is -2.35. The maximum absolute atomic E-state index is 13.1. The van der Waals surface area contributed by atoms with Crippen molar-refractivity contribution in [2.45, 2.75) is 97.2 Å². The molecule has 7 nitrogen and oxygen atoms in total. The molecule has 0 saturated carbocycles. The molecule has 0 amide bonds. The molecule has 176 valence electrons. The third kappa shape index (κ3) is 4.40. The first-order chi connectivity index (χ1) is 15.0. The molecule has 0 aromatic rings. The van der Waals surface area contributed by atoms with E-state index >= 15 is 0 Å². The predicted molar refractivity (Wildman–Crippen MR) is 117 cm³/mol. The average Bonchev–Trinajstić information content (AvgIpc) is 3.35. The van der Waals surface area contributed by atoms with Crippen LogP contribution >= 0.6 is 0 Å². The van der Waals surface area contributed by atoms with Gasteiger partial charge in [-0.15, -0.1) is 0 Å². The molecule has 0 aromatic carbocycles. The van der Waals surface area contributed by atoms with Gasteiger partial charge in [0.1, 0.15) is 18.3 Å². The van der Waals surface area contributed by atoms with Crippen LogP contribution in [0.4, 0.5) is 0 Å². The molecule has 0 bridgehead atoms. The van der Waals surface area contributed by atoms with Gasteiger partial charge in [0.05, 0.1) is 11.5 Å². The molecule has 0 radical (unpaired) electrons. The van der Waals surface area contributed by atoms with Gasteiger partial charge in [-0.2, -0.15) is 0 Å². The fourth-order valence-electron chi connectivity index (χ4n) is 4.55. The van der Waals surface area contributed by atoms with E-state index in [1.165, 1.54) is 0 Å². The number of hydrogen-bond donors (Lipinski definition) is 0. The smallest absolute Gasteiger partial charge is 0.351 e. The van der Waals surface area contributed by atoms with Crippen LogP contribution < -0.4 is 0 Å². The Morgan fingerprint density at radius 2 is 1.75 bits per heavy atom. The van der Waals surface area contributed by atoms with E-state index < -0.39 is 53.3 Å². The van der Waals surface area contributed by atoms with Crippen LogP contribution in [0.25, 0.3) is 0 Å². The minimum atomic E-state index is -1.62. The highest BCUT2D eigenvalue weighted by Gasteiger charge is 2.68. The molecule has 0 spiro atoms. The van der Waals surface area contributed by atoms with Crippen molar-refractivity contribution >= 4 is 17.9 Å². The van der Waals surface area contributed by atoms with Crippen molar-refractivity contribution in [1.82, 2.24) is 0 Å². The van der Waals surface area contributed by atoms with E-state index in [2.05, 4.69) is 6.08 Å². The molecule has 32 heavy (non-hydrogen) atoms. The number of hydrogen-bond acceptors (Lipinski definition) is 7. The van der Waals surface area contributed by atoms with Crippen molar-refractivity contribution in [2.75, 3.05) is 0 Å². The summed E-state index contributed by atoms with van der Waals surface area (Å²) in [5.74, 6) is -2.45. The molecule has 2 fully saturated rings. The number of epoxide rings is 1. The molecule has 6 unspecified atom stereocenters. The summed E-state index contributed by atoms with van der Waals surface area (Å²) in [4.78, 5) is 38.6. The third-order valence-electron chi connectivity index (χ3n) is 7.01. The Labute approximate surface area is 189 Å². The highest BCUT2D eigenvalue weighted by molar-refractivity contribution is 5.92. The second kappa shape index (κ2) is 8.85. The van der Waals surface area contributed by atoms with E-state index in [0.29, 0.717) is 17.6 Å². The summed E-state index contributed by atoms with van der Waals surface area (Å²) in [6, 6.07) is 0. The lowest BCUT2D eigenvalue weighted by Crippen LogP contribution is -2.52. The van der Waals surface area contributed by atoms with Gasteiger partial charge in [0, 0.05) is 17.6 Å². The van der Waals surface area contributed by atoms with E-state index in [4.69, 9.17) is 18.9 Å². The first kappa shape index (κ1) is 24.2. The van der Waals surface area contributed by atoms with Gasteiger partial charge in [-0.25, -0.2) is 14.4 Å². The topological polar surface area (TPSA) is 91.4 Å². The van der Waals surface area contributed by atoms with Crippen molar-refractivity contribution in [1.29, 1.82) is 0 Å². The van der Waals surface area contributed by atoms with Gasteiger partial charge < -0.3 is 18.9 Å². The van der Waals surface area contributed by atoms with E-state index in [1.54, 1.807) is 46.8 Å². The van der Waals surface area contributed by atoms with Gasteiger partial charge >= 0.3 is 17.9 Å². The Morgan fingerprint density at radius 1 is 1.12 bits per heavy atom. The fraction of sp³-hybridized carbons (Fsp3) is 0.640. The minimum Gasteiger partial charge on any atom is -0.458 e. The van der Waals surface area contributed by atoms with Crippen LogP contribution in [0.2, 0.25) is 0 Å². The standard InChI is InChI=1S/C25H34O7/c1-8-15(4)21(26)30-19-18-17(13-14(3)11-10-12-24(6)20(19)31-24)29-23(28)25(18,7)32-22(27)16(5)9-2/h8-9,11,17-20H,10,12-13H2,1-7H3. The highest BCUT2D eigenvalue weighted by atomic mass is 16.7. The minimum absolute atomic E-state index is 0.379. The van der Waals surface area contributed by atoms with Gasteiger partial charge in [0.2, 0.25) is 5.60 Å². The molecule has 2 heterocycles. The van der Waals surface area contributed by atoms with Gasteiger partial charge in [-0.1, -0.05) is 23.8 Å². The van der Waals surface area contributed by atoms with Crippen molar-refractivity contribution in [3.8, 4) is 0 Å². The molecule has 1 aliphatic carbocycles. The van der Waals surface area contributed by atoms with E-state index in [-0.39, 0.29) is 0 Å². The van der Waals surface area contributed by atoms with Gasteiger partial charge in [0.25, 0.3) is 0 Å². The summed E-state index contributed by atoms with van der Waals surface area (Å²) in [7, 11) is 0. The van der Waals surface area contributed by atoms with Crippen molar-refractivity contribution in [3.63, 3.8) is 0 Å². The number of carbonyl (C=O) groups is 3.